The van der Waals surface area contributed by atoms with Crippen molar-refractivity contribution in [3.8, 4) is 5.75 Å². The minimum absolute atomic E-state index is 0.00981. The fourth-order valence-corrected chi connectivity index (χ4v) is 6.77. The molecule has 0 aliphatic carbocycles. The van der Waals surface area contributed by atoms with Crippen molar-refractivity contribution in [1.82, 2.24) is 9.21 Å². The first-order valence-corrected chi connectivity index (χ1v) is 17.7. The lowest BCUT2D eigenvalue weighted by molar-refractivity contribution is -0.115. The summed E-state index contributed by atoms with van der Waals surface area (Å²) in [5.74, 6) is -1.18. The predicted molar refractivity (Wildman–Crippen MR) is 182 cm³/mol. The Kier molecular flexibility index (Phi) is 13.1. The molecule has 3 aromatic rings. The fraction of sp³-hybridized carbons (Fsp3) is 0.444. The first-order valence-electron chi connectivity index (χ1n) is 16.3. The van der Waals surface area contributed by atoms with E-state index >= 15 is 0 Å². The number of rotatable bonds is 9. The number of likely N-dealkylation sites (N-methyl/N-ethyl adjacent to an activating group) is 1. The number of benzene rings is 3. The molecule has 0 saturated heterocycles. The van der Waals surface area contributed by atoms with Gasteiger partial charge in [-0.15, -0.1) is 0 Å². The van der Waals surface area contributed by atoms with Crippen LogP contribution in [0.1, 0.15) is 56.0 Å². The Labute approximate surface area is 282 Å². The number of nitrogens with zero attached hydrogens (tertiary/aromatic N) is 2. The second kappa shape index (κ2) is 17.0. The second-order valence-corrected chi connectivity index (χ2v) is 14.5. The normalized spacial score (nSPS) is 20.4. The molecule has 0 bridgehead atoms. The molecule has 4 atom stereocenters. The zero-order valence-corrected chi connectivity index (χ0v) is 28.8. The van der Waals surface area contributed by atoms with Gasteiger partial charge in [-0.1, -0.05) is 37.3 Å². The SMILES string of the molecule is C[C@H]1CCCCO[C@H](CN(C)S(=O)(=O)c2ccc(F)cc2)[C@@H](C)CN([C@@H](C)CO)C(=O)c2cc(NC(=O)Cc3ccccc3)ccc2O1. The van der Waals surface area contributed by atoms with E-state index in [0.717, 1.165) is 24.1 Å². The van der Waals surface area contributed by atoms with Gasteiger partial charge in [0.15, 0.2) is 0 Å². The number of aliphatic hydroxyl groups excluding tert-OH is 1. The lowest BCUT2D eigenvalue weighted by atomic mass is 10.0. The fourth-order valence-electron chi connectivity index (χ4n) is 5.59. The zero-order chi connectivity index (χ0) is 34.8. The molecule has 2 amide bonds. The number of carbonyl (C=O) groups excluding carboxylic acids is 2. The van der Waals surface area contributed by atoms with Gasteiger partial charge in [0, 0.05) is 38.3 Å². The molecular formula is C36H46FN3O7S. The first-order chi connectivity index (χ1) is 22.9. The molecular weight excluding hydrogens is 637 g/mol. The highest BCUT2D eigenvalue weighted by Crippen LogP contribution is 2.29. The van der Waals surface area contributed by atoms with E-state index in [1.54, 1.807) is 25.1 Å². The quantitative estimate of drug-likeness (QED) is 0.321. The number of aliphatic hydroxyl groups is 1. The second-order valence-electron chi connectivity index (χ2n) is 12.5. The summed E-state index contributed by atoms with van der Waals surface area (Å²) < 4.78 is 53.9. The minimum Gasteiger partial charge on any atom is -0.490 e. The monoisotopic (exact) mass is 683 g/mol. The van der Waals surface area contributed by atoms with Crippen LogP contribution in [-0.2, 0) is 26.0 Å². The Morgan fingerprint density at radius 3 is 2.48 bits per heavy atom. The van der Waals surface area contributed by atoms with Crippen LogP contribution in [0.5, 0.6) is 5.75 Å². The Bertz CT molecular complexity index is 1620. The van der Waals surface area contributed by atoms with Gasteiger partial charge in [-0.2, -0.15) is 4.31 Å². The number of carbonyl (C=O) groups is 2. The number of anilines is 1. The van der Waals surface area contributed by atoms with E-state index in [-0.39, 0.29) is 54.5 Å². The lowest BCUT2D eigenvalue weighted by Gasteiger charge is -2.35. The number of amides is 2. The van der Waals surface area contributed by atoms with Gasteiger partial charge in [0.1, 0.15) is 11.6 Å². The largest absolute Gasteiger partial charge is 0.490 e. The third-order valence-electron chi connectivity index (χ3n) is 8.50. The van der Waals surface area contributed by atoms with E-state index in [1.807, 2.05) is 44.2 Å². The van der Waals surface area contributed by atoms with Crippen LogP contribution in [0.15, 0.2) is 77.7 Å². The average molecular weight is 684 g/mol. The van der Waals surface area contributed by atoms with Gasteiger partial charge in [-0.3, -0.25) is 9.59 Å². The molecule has 1 heterocycles. The minimum atomic E-state index is -3.95. The summed E-state index contributed by atoms with van der Waals surface area (Å²) in [6.45, 7) is 5.70. The third-order valence-corrected chi connectivity index (χ3v) is 10.3. The number of sulfonamides is 1. The highest BCUT2D eigenvalue weighted by atomic mass is 32.2. The van der Waals surface area contributed by atoms with Crippen LogP contribution in [0.2, 0.25) is 0 Å². The van der Waals surface area contributed by atoms with Crippen molar-refractivity contribution in [1.29, 1.82) is 0 Å². The van der Waals surface area contributed by atoms with Crippen molar-refractivity contribution in [3.05, 3.63) is 89.7 Å². The molecule has 0 radical (unpaired) electrons. The van der Waals surface area contributed by atoms with E-state index in [0.29, 0.717) is 30.9 Å². The molecule has 0 spiro atoms. The van der Waals surface area contributed by atoms with E-state index in [2.05, 4.69) is 5.32 Å². The van der Waals surface area contributed by atoms with Gasteiger partial charge < -0.3 is 24.8 Å². The Hall–Kier alpha value is -3.84. The summed E-state index contributed by atoms with van der Waals surface area (Å²) >= 11 is 0. The highest BCUT2D eigenvalue weighted by Gasteiger charge is 2.32. The van der Waals surface area contributed by atoms with Crippen LogP contribution in [0.3, 0.4) is 0 Å². The van der Waals surface area contributed by atoms with Crippen LogP contribution >= 0.6 is 0 Å². The lowest BCUT2D eigenvalue weighted by Crippen LogP contribution is -2.48. The molecule has 12 heteroatoms. The van der Waals surface area contributed by atoms with Crippen LogP contribution in [0.4, 0.5) is 10.1 Å². The summed E-state index contributed by atoms with van der Waals surface area (Å²) in [7, 11) is -2.51. The molecule has 1 aliphatic rings. The smallest absolute Gasteiger partial charge is 0.258 e. The molecule has 1 aliphatic heterocycles. The van der Waals surface area contributed by atoms with Crippen molar-refractivity contribution in [2.75, 3.05) is 38.7 Å². The summed E-state index contributed by atoms with van der Waals surface area (Å²) in [6, 6.07) is 18.4. The molecule has 260 valence electrons. The van der Waals surface area contributed by atoms with Crippen molar-refractivity contribution in [3.63, 3.8) is 0 Å². The molecule has 2 N–H and O–H groups in total. The number of hydrogen-bond acceptors (Lipinski definition) is 7. The molecule has 0 fully saturated rings. The molecule has 4 rings (SSSR count). The third kappa shape index (κ3) is 9.85. The van der Waals surface area contributed by atoms with Crippen LogP contribution < -0.4 is 10.1 Å². The molecule has 0 unspecified atom stereocenters. The van der Waals surface area contributed by atoms with Crippen molar-refractivity contribution >= 4 is 27.5 Å². The summed E-state index contributed by atoms with van der Waals surface area (Å²) in [5.41, 5.74) is 1.52. The Morgan fingerprint density at radius 1 is 1.08 bits per heavy atom. The maximum atomic E-state index is 14.3. The van der Waals surface area contributed by atoms with E-state index in [1.165, 1.54) is 28.4 Å². The molecule has 0 saturated carbocycles. The number of halogens is 1. The van der Waals surface area contributed by atoms with Crippen molar-refractivity contribution in [2.45, 2.75) is 69.6 Å². The van der Waals surface area contributed by atoms with Gasteiger partial charge in [0.25, 0.3) is 5.91 Å². The number of hydrogen-bond donors (Lipinski definition) is 2. The number of nitrogens with one attached hydrogen (secondary N) is 1. The number of fused-ring (bicyclic) bond motifs is 1. The van der Waals surface area contributed by atoms with E-state index in [9.17, 15) is 27.5 Å². The average Bonchev–Trinajstić information content (AvgIpc) is 3.06. The molecule has 3 aromatic carbocycles. The van der Waals surface area contributed by atoms with E-state index < -0.39 is 33.9 Å². The van der Waals surface area contributed by atoms with Crippen molar-refractivity contribution < 1.29 is 37.0 Å². The summed E-state index contributed by atoms with van der Waals surface area (Å²) in [6.07, 6.45) is 1.49. The zero-order valence-electron chi connectivity index (χ0n) is 28.0. The molecule has 10 nitrogen and oxygen atoms in total. The van der Waals surface area contributed by atoms with Gasteiger partial charge in [0.2, 0.25) is 15.9 Å². The van der Waals surface area contributed by atoms with Gasteiger partial charge in [0.05, 0.1) is 41.7 Å². The number of ether oxygens (including phenoxy) is 2. The first kappa shape index (κ1) is 37.0. The van der Waals surface area contributed by atoms with Gasteiger partial charge in [-0.25, -0.2) is 12.8 Å². The maximum Gasteiger partial charge on any atom is 0.258 e. The Balaban J connectivity index is 1.62. The van der Waals surface area contributed by atoms with Gasteiger partial charge >= 0.3 is 0 Å². The Morgan fingerprint density at radius 2 is 1.79 bits per heavy atom. The maximum absolute atomic E-state index is 14.3. The highest BCUT2D eigenvalue weighted by molar-refractivity contribution is 7.89. The predicted octanol–water partition coefficient (Wildman–Crippen LogP) is 5.12. The standard InChI is InChI=1S/C36H46FN3O7S/c1-25-22-40(26(2)24-41)36(43)32-21-30(38-35(42)20-28-11-6-5-7-12-28)15-18-33(32)47-27(3)10-8-9-19-46-34(25)23-39(4)48(44,45)31-16-13-29(37)14-17-31/h5-7,11-18,21,25-27,34,41H,8-10,19-20,22-24H2,1-4H3,(H,38,42)/t25-,26-,27-,34+/m0/s1. The molecule has 48 heavy (non-hydrogen) atoms. The molecule has 0 aromatic heterocycles. The summed E-state index contributed by atoms with van der Waals surface area (Å²) in [5, 5.41) is 13.1. The van der Waals surface area contributed by atoms with Gasteiger partial charge in [-0.05, 0) is 81.1 Å². The van der Waals surface area contributed by atoms with E-state index in [4.69, 9.17) is 9.47 Å². The van der Waals surface area contributed by atoms with Crippen LogP contribution in [0, 0.1) is 11.7 Å². The topological polar surface area (TPSA) is 125 Å². The van der Waals surface area contributed by atoms with Crippen LogP contribution in [0.25, 0.3) is 0 Å². The van der Waals surface area contributed by atoms with Crippen molar-refractivity contribution in [2.24, 2.45) is 5.92 Å². The summed E-state index contributed by atoms with van der Waals surface area (Å²) in [4.78, 5) is 28.7. The van der Waals surface area contributed by atoms with Crippen LogP contribution in [-0.4, -0.2) is 86.1 Å².